The van der Waals surface area contributed by atoms with Crippen LogP contribution in [-0.2, 0) is 11.2 Å². The molecule has 0 saturated carbocycles. The minimum atomic E-state index is -0.306. The largest absolute Gasteiger partial charge is 0.419 e. The lowest BCUT2D eigenvalue weighted by Crippen LogP contribution is -2.28. The lowest BCUT2D eigenvalue weighted by atomic mass is 10.1. The number of hydrogen-bond acceptors (Lipinski definition) is 5. The van der Waals surface area contributed by atoms with E-state index >= 15 is 0 Å². The normalized spacial score (nSPS) is 12.1. The molecule has 0 aliphatic carbocycles. The summed E-state index contributed by atoms with van der Waals surface area (Å²) in [6.45, 7) is 1.83. The molecule has 1 atom stereocenters. The van der Waals surface area contributed by atoms with Crippen molar-refractivity contribution in [2.75, 3.05) is 0 Å². The maximum Gasteiger partial charge on any atom is 0.257 e. The zero-order valence-electron chi connectivity index (χ0n) is 12.3. The third-order valence-corrected chi connectivity index (χ3v) is 4.12. The first-order chi connectivity index (χ1) is 11.1. The summed E-state index contributed by atoms with van der Waals surface area (Å²) in [5.74, 6) is 0.133. The number of benzene rings is 1. The molecule has 3 aromatic rings. The molecule has 0 aliphatic heterocycles. The monoisotopic (exact) mass is 331 g/mol. The first-order valence-corrected chi connectivity index (χ1v) is 7.91. The van der Waals surface area contributed by atoms with Crippen molar-refractivity contribution in [3.8, 4) is 10.8 Å². The zero-order chi connectivity index (χ0) is 16.2. The van der Waals surface area contributed by atoms with Gasteiger partial charge in [-0.15, -0.1) is 21.5 Å². The number of nitrogens with one attached hydrogen (secondary N) is 1. The first-order valence-electron chi connectivity index (χ1n) is 7.03. The summed E-state index contributed by atoms with van der Waals surface area (Å²) >= 11 is 1.49. The molecule has 0 unspecified atom stereocenters. The minimum absolute atomic E-state index is 0.00388. The minimum Gasteiger partial charge on any atom is -0.419 e. The fraction of sp³-hybridized carbons (Fsp3) is 0.188. The Balaban J connectivity index is 1.60. The van der Waals surface area contributed by atoms with Crippen molar-refractivity contribution in [3.05, 3.63) is 59.0 Å². The van der Waals surface area contributed by atoms with Crippen LogP contribution in [-0.4, -0.2) is 16.1 Å². The van der Waals surface area contributed by atoms with Crippen molar-refractivity contribution >= 4 is 17.2 Å². The van der Waals surface area contributed by atoms with Gasteiger partial charge in [-0.3, -0.25) is 4.79 Å². The molecular formula is C16H14FN3O2S. The van der Waals surface area contributed by atoms with Crippen LogP contribution in [0.25, 0.3) is 10.8 Å². The highest BCUT2D eigenvalue weighted by atomic mass is 32.1. The number of amides is 1. The number of aromatic nitrogens is 2. The van der Waals surface area contributed by atoms with Gasteiger partial charge in [0.05, 0.1) is 10.9 Å². The van der Waals surface area contributed by atoms with Crippen molar-refractivity contribution in [2.45, 2.75) is 19.4 Å². The lowest BCUT2D eigenvalue weighted by molar-refractivity contribution is -0.121. The third-order valence-electron chi connectivity index (χ3n) is 3.26. The number of halogens is 1. The summed E-state index contributed by atoms with van der Waals surface area (Å²) in [7, 11) is 0. The number of thiophene rings is 1. The highest BCUT2D eigenvalue weighted by molar-refractivity contribution is 7.13. The summed E-state index contributed by atoms with van der Waals surface area (Å²) < 4.78 is 18.4. The standard InChI is InChI=1S/C16H14FN3O2S/c1-10(11-4-6-12(17)7-5-11)18-14(21)9-15-19-20-16(22-15)13-3-2-8-23-13/h2-8,10H,9H2,1H3,(H,18,21)/t10-/m0/s1. The van der Waals surface area contributed by atoms with E-state index < -0.39 is 0 Å². The molecule has 118 valence electrons. The maximum absolute atomic E-state index is 12.9. The second-order valence-corrected chi connectivity index (χ2v) is 5.94. The van der Waals surface area contributed by atoms with E-state index in [1.165, 1.54) is 23.5 Å². The van der Waals surface area contributed by atoms with Crippen LogP contribution in [0.15, 0.2) is 46.2 Å². The van der Waals surface area contributed by atoms with Gasteiger partial charge in [0, 0.05) is 0 Å². The fourth-order valence-corrected chi connectivity index (χ4v) is 2.73. The Hall–Kier alpha value is -2.54. The van der Waals surface area contributed by atoms with Crippen LogP contribution in [0.2, 0.25) is 0 Å². The smallest absolute Gasteiger partial charge is 0.257 e. The van der Waals surface area contributed by atoms with Crippen molar-refractivity contribution in [2.24, 2.45) is 0 Å². The highest BCUT2D eigenvalue weighted by Gasteiger charge is 2.15. The molecule has 1 N–H and O–H groups in total. The van der Waals surface area contributed by atoms with Crippen LogP contribution < -0.4 is 5.32 Å². The number of rotatable bonds is 5. The molecule has 0 aliphatic rings. The number of carbonyl (C=O) groups is 1. The topological polar surface area (TPSA) is 68.0 Å². The van der Waals surface area contributed by atoms with Crippen molar-refractivity contribution < 1.29 is 13.6 Å². The van der Waals surface area contributed by atoms with Crippen molar-refractivity contribution in [1.82, 2.24) is 15.5 Å². The van der Waals surface area contributed by atoms with Crippen molar-refractivity contribution in [1.29, 1.82) is 0 Å². The average Bonchev–Trinajstić information content (AvgIpc) is 3.18. The quantitative estimate of drug-likeness (QED) is 0.778. The molecule has 0 spiro atoms. The molecule has 0 fully saturated rings. The molecule has 2 heterocycles. The lowest BCUT2D eigenvalue weighted by Gasteiger charge is -2.13. The molecule has 0 bridgehead atoms. The van der Waals surface area contributed by atoms with Gasteiger partial charge in [-0.2, -0.15) is 0 Å². The van der Waals surface area contributed by atoms with Gasteiger partial charge in [-0.05, 0) is 36.1 Å². The summed E-state index contributed by atoms with van der Waals surface area (Å²) in [5, 5.41) is 12.5. The van der Waals surface area contributed by atoms with Crippen molar-refractivity contribution in [3.63, 3.8) is 0 Å². The van der Waals surface area contributed by atoms with Gasteiger partial charge in [-0.1, -0.05) is 18.2 Å². The summed E-state index contributed by atoms with van der Waals surface area (Å²) in [4.78, 5) is 12.9. The summed E-state index contributed by atoms with van der Waals surface area (Å²) in [5.41, 5.74) is 0.824. The van der Waals surface area contributed by atoms with E-state index in [0.29, 0.717) is 5.89 Å². The van der Waals surface area contributed by atoms with E-state index in [1.54, 1.807) is 12.1 Å². The van der Waals surface area contributed by atoms with Gasteiger partial charge >= 0.3 is 0 Å². The van der Waals surface area contributed by atoms with E-state index in [2.05, 4.69) is 15.5 Å². The Bertz CT molecular complexity index is 784. The van der Waals surface area contributed by atoms with E-state index in [0.717, 1.165) is 10.4 Å². The Kier molecular flexibility index (Phi) is 4.47. The summed E-state index contributed by atoms with van der Waals surface area (Å²) in [6.07, 6.45) is 0.00388. The van der Waals surface area contributed by atoms with Crippen LogP contribution in [0.5, 0.6) is 0 Å². The molecule has 23 heavy (non-hydrogen) atoms. The molecular weight excluding hydrogens is 317 g/mol. The molecule has 3 rings (SSSR count). The van der Waals surface area contributed by atoms with Gasteiger partial charge < -0.3 is 9.73 Å². The van der Waals surface area contributed by atoms with Crippen LogP contribution in [0.4, 0.5) is 4.39 Å². The second kappa shape index (κ2) is 6.70. The highest BCUT2D eigenvalue weighted by Crippen LogP contribution is 2.23. The molecule has 7 heteroatoms. The third kappa shape index (κ3) is 3.81. The Morgan fingerprint density at radius 2 is 2.09 bits per heavy atom. The van der Waals surface area contributed by atoms with Gasteiger partial charge in [0.25, 0.3) is 5.89 Å². The summed E-state index contributed by atoms with van der Waals surface area (Å²) in [6, 6.07) is 9.54. The molecule has 2 aromatic heterocycles. The number of hydrogen-bond donors (Lipinski definition) is 1. The molecule has 0 saturated heterocycles. The average molecular weight is 331 g/mol. The predicted molar refractivity (Wildman–Crippen MR) is 84.3 cm³/mol. The molecule has 5 nitrogen and oxygen atoms in total. The maximum atomic E-state index is 12.9. The fourth-order valence-electron chi connectivity index (χ4n) is 2.09. The zero-order valence-corrected chi connectivity index (χ0v) is 13.1. The Morgan fingerprint density at radius 3 is 2.78 bits per heavy atom. The van der Waals surface area contributed by atoms with Crippen LogP contribution in [0.3, 0.4) is 0 Å². The van der Waals surface area contributed by atoms with E-state index in [-0.39, 0.29) is 30.1 Å². The molecule has 1 aromatic carbocycles. The Labute approximate surface area is 136 Å². The van der Waals surface area contributed by atoms with E-state index in [9.17, 15) is 9.18 Å². The molecule has 1 amide bonds. The van der Waals surface area contributed by atoms with Crippen LogP contribution in [0.1, 0.15) is 24.4 Å². The molecule has 0 radical (unpaired) electrons. The number of carbonyl (C=O) groups excluding carboxylic acids is 1. The van der Waals surface area contributed by atoms with E-state index in [4.69, 9.17) is 4.42 Å². The first kappa shape index (κ1) is 15.4. The predicted octanol–water partition coefficient (Wildman–Crippen LogP) is 3.36. The van der Waals surface area contributed by atoms with Gasteiger partial charge in [0.15, 0.2) is 0 Å². The Morgan fingerprint density at radius 1 is 1.30 bits per heavy atom. The van der Waals surface area contributed by atoms with E-state index in [1.807, 2.05) is 24.4 Å². The van der Waals surface area contributed by atoms with Crippen LogP contribution in [0, 0.1) is 5.82 Å². The second-order valence-electron chi connectivity index (χ2n) is 5.00. The van der Waals surface area contributed by atoms with Gasteiger partial charge in [0.2, 0.25) is 11.8 Å². The van der Waals surface area contributed by atoms with Gasteiger partial charge in [0.1, 0.15) is 12.2 Å². The number of nitrogens with zero attached hydrogens (tertiary/aromatic N) is 2. The van der Waals surface area contributed by atoms with Gasteiger partial charge in [-0.25, -0.2) is 4.39 Å². The van der Waals surface area contributed by atoms with Crippen LogP contribution >= 0.6 is 11.3 Å². The SMILES string of the molecule is C[C@H](NC(=O)Cc1nnc(-c2cccs2)o1)c1ccc(F)cc1.